The summed E-state index contributed by atoms with van der Waals surface area (Å²) in [4.78, 5) is 17.4. The predicted octanol–water partition coefficient (Wildman–Crippen LogP) is 4.58. The Morgan fingerprint density at radius 2 is 1.76 bits per heavy atom. The number of rotatable bonds is 8. The second-order valence-corrected chi connectivity index (χ2v) is 8.70. The average Bonchev–Trinajstić information content (AvgIpc) is 2.82. The molecule has 1 fully saturated rings. The summed E-state index contributed by atoms with van der Waals surface area (Å²) in [6.45, 7) is 4.65. The van der Waals surface area contributed by atoms with Crippen LogP contribution in [0.1, 0.15) is 32.1 Å². The van der Waals surface area contributed by atoms with Crippen molar-refractivity contribution in [3.63, 3.8) is 0 Å². The number of aromatic hydroxyl groups is 2. The van der Waals surface area contributed by atoms with Gasteiger partial charge in [-0.25, -0.2) is 0 Å². The van der Waals surface area contributed by atoms with E-state index >= 15 is 0 Å². The molecule has 0 unspecified atom stereocenters. The first-order valence-corrected chi connectivity index (χ1v) is 11.6. The third kappa shape index (κ3) is 5.09. The van der Waals surface area contributed by atoms with Crippen molar-refractivity contribution < 1.29 is 19.4 Å². The van der Waals surface area contributed by atoms with E-state index < -0.39 is 5.43 Å². The topological polar surface area (TPSA) is 86.4 Å². The number of phenols is 2. The van der Waals surface area contributed by atoms with Crippen LogP contribution in [0.5, 0.6) is 17.2 Å². The lowest BCUT2D eigenvalue weighted by Gasteiger charge is -2.27. The molecular weight excluding hydrogens is 420 g/mol. The van der Waals surface area contributed by atoms with E-state index in [4.69, 9.17) is 9.15 Å². The van der Waals surface area contributed by atoms with Crippen LogP contribution in [0.3, 0.4) is 0 Å². The number of methoxy groups -OCH3 is 1. The van der Waals surface area contributed by atoms with Crippen LogP contribution >= 0.6 is 0 Å². The molecule has 1 saturated heterocycles. The first-order chi connectivity index (χ1) is 16.0. The van der Waals surface area contributed by atoms with Crippen molar-refractivity contribution in [1.82, 2.24) is 4.90 Å². The van der Waals surface area contributed by atoms with Crippen LogP contribution < -0.4 is 15.1 Å². The number of fused-ring (bicyclic) bond motifs is 1. The molecule has 1 aliphatic rings. The highest BCUT2D eigenvalue weighted by Crippen LogP contribution is 2.40. The maximum absolute atomic E-state index is 12.6. The Bertz CT molecular complexity index is 1150. The summed E-state index contributed by atoms with van der Waals surface area (Å²) < 4.78 is 11.1. The SMILES string of the molecule is COc1c(O)cc(O)c2c(=O)cc(-c3ccc(N(C)CCCCN4CCCCC4)cc3)oc12. The highest BCUT2D eigenvalue weighted by atomic mass is 16.5. The predicted molar refractivity (Wildman–Crippen MR) is 131 cm³/mol. The van der Waals surface area contributed by atoms with Gasteiger partial charge in [-0.1, -0.05) is 6.42 Å². The number of likely N-dealkylation sites (tertiary alicyclic amines) is 1. The molecule has 3 aromatic rings. The number of anilines is 1. The van der Waals surface area contributed by atoms with Crippen molar-refractivity contribution in [3.05, 3.63) is 46.6 Å². The highest BCUT2D eigenvalue weighted by molar-refractivity contribution is 5.91. The summed E-state index contributed by atoms with van der Waals surface area (Å²) in [5, 5.41) is 20.1. The number of hydrogen-bond donors (Lipinski definition) is 2. The van der Waals surface area contributed by atoms with Crippen molar-refractivity contribution in [2.24, 2.45) is 0 Å². The van der Waals surface area contributed by atoms with Crippen LogP contribution in [0.4, 0.5) is 5.69 Å². The van der Waals surface area contributed by atoms with Gasteiger partial charge in [0.1, 0.15) is 16.9 Å². The minimum absolute atomic E-state index is 0.0163. The number of unbranched alkanes of at least 4 members (excludes halogenated alkanes) is 1. The van der Waals surface area contributed by atoms with Gasteiger partial charge in [-0.15, -0.1) is 0 Å². The summed E-state index contributed by atoms with van der Waals surface area (Å²) in [5.74, 6) is -0.282. The molecule has 0 saturated carbocycles. The standard InChI is InChI=1S/C26H32N2O5/c1-27(12-6-7-15-28-13-4-3-5-14-28)19-10-8-18(9-11-19)23-17-21(30)24-20(29)16-22(31)25(32-2)26(24)33-23/h8-11,16-17,29,31H,3-7,12-15H2,1-2H3. The summed E-state index contributed by atoms with van der Waals surface area (Å²) in [7, 11) is 3.46. The molecule has 1 aliphatic heterocycles. The molecule has 0 aliphatic carbocycles. The Balaban J connectivity index is 1.45. The van der Waals surface area contributed by atoms with Crippen LogP contribution in [-0.2, 0) is 0 Å². The fraction of sp³-hybridized carbons (Fsp3) is 0.423. The molecule has 2 heterocycles. The number of nitrogens with zero attached hydrogens (tertiary/aromatic N) is 2. The molecule has 7 nitrogen and oxygen atoms in total. The Morgan fingerprint density at radius 1 is 1.03 bits per heavy atom. The lowest BCUT2D eigenvalue weighted by Crippen LogP contribution is -2.31. The monoisotopic (exact) mass is 452 g/mol. The van der Waals surface area contributed by atoms with Gasteiger partial charge in [0.25, 0.3) is 0 Å². The van der Waals surface area contributed by atoms with Gasteiger partial charge in [-0.05, 0) is 69.6 Å². The van der Waals surface area contributed by atoms with Crippen LogP contribution in [0.2, 0.25) is 0 Å². The number of ether oxygens (including phenoxy) is 1. The summed E-state index contributed by atoms with van der Waals surface area (Å²) in [6, 6.07) is 10.2. The molecule has 0 radical (unpaired) electrons. The largest absolute Gasteiger partial charge is 0.507 e. The molecule has 7 heteroatoms. The van der Waals surface area contributed by atoms with E-state index in [2.05, 4.69) is 16.8 Å². The molecule has 4 rings (SSSR count). The minimum Gasteiger partial charge on any atom is -0.507 e. The third-order valence-electron chi connectivity index (χ3n) is 6.38. The third-order valence-corrected chi connectivity index (χ3v) is 6.38. The molecule has 0 spiro atoms. The van der Waals surface area contributed by atoms with Gasteiger partial charge in [0.2, 0.25) is 5.75 Å². The van der Waals surface area contributed by atoms with Crippen molar-refractivity contribution in [2.75, 3.05) is 45.2 Å². The van der Waals surface area contributed by atoms with Crippen molar-refractivity contribution in [3.8, 4) is 28.6 Å². The smallest absolute Gasteiger partial charge is 0.204 e. The van der Waals surface area contributed by atoms with Gasteiger partial charge >= 0.3 is 0 Å². The quantitative estimate of drug-likeness (QED) is 0.484. The zero-order valence-corrected chi connectivity index (χ0v) is 19.3. The van der Waals surface area contributed by atoms with E-state index in [-0.39, 0.29) is 28.2 Å². The van der Waals surface area contributed by atoms with E-state index in [1.807, 2.05) is 24.3 Å². The summed E-state index contributed by atoms with van der Waals surface area (Å²) in [6.07, 6.45) is 6.38. The fourth-order valence-electron chi connectivity index (χ4n) is 4.50. The average molecular weight is 453 g/mol. The Hall–Kier alpha value is -3.19. The number of phenolic OH excluding ortho intramolecular Hbond substituents is 2. The minimum atomic E-state index is -0.406. The van der Waals surface area contributed by atoms with Gasteiger partial charge in [-0.2, -0.15) is 0 Å². The van der Waals surface area contributed by atoms with Crippen LogP contribution in [0.25, 0.3) is 22.3 Å². The lowest BCUT2D eigenvalue weighted by molar-refractivity contribution is 0.225. The Labute approximate surface area is 193 Å². The Kier molecular flexibility index (Phi) is 7.08. The van der Waals surface area contributed by atoms with Crippen molar-refractivity contribution in [1.29, 1.82) is 0 Å². The molecular formula is C26H32N2O5. The first-order valence-electron chi connectivity index (χ1n) is 11.6. The normalized spacial score (nSPS) is 14.5. The van der Waals surface area contributed by atoms with Crippen molar-refractivity contribution >= 4 is 16.7 Å². The van der Waals surface area contributed by atoms with Gasteiger partial charge in [0.15, 0.2) is 16.8 Å². The van der Waals surface area contributed by atoms with E-state index in [0.29, 0.717) is 5.76 Å². The van der Waals surface area contributed by atoms with E-state index in [1.165, 1.54) is 58.5 Å². The number of piperidine rings is 1. The number of hydrogen-bond acceptors (Lipinski definition) is 7. The molecule has 0 bridgehead atoms. The van der Waals surface area contributed by atoms with Crippen LogP contribution in [0.15, 0.2) is 45.6 Å². The van der Waals surface area contributed by atoms with Gasteiger partial charge in [0, 0.05) is 37.0 Å². The lowest BCUT2D eigenvalue weighted by atomic mass is 10.1. The molecule has 2 N–H and O–H groups in total. The highest BCUT2D eigenvalue weighted by Gasteiger charge is 2.19. The maximum atomic E-state index is 12.6. The first kappa shape index (κ1) is 23.0. The zero-order chi connectivity index (χ0) is 23.4. The molecule has 0 atom stereocenters. The van der Waals surface area contributed by atoms with Crippen LogP contribution in [0, 0.1) is 0 Å². The molecule has 2 aromatic carbocycles. The van der Waals surface area contributed by atoms with E-state index in [0.717, 1.165) is 30.3 Å². The van der Waals surface area contributed by atoms with Gasteiger partial charge in [-0.3, -0.25) is 4.79 Å². The second kappa shape index (κ2) is 10.2. The van der Waals surface area contributed by atoms with E-state index in [9.17, 15) is 15.0 Å². The fourth-order valence-corrected chi connectivity index (χ4v) is 4.50. The summed E-state index contributed by atoms with van der Waals surface area (Å²) >= 11 is 0. The van der Waals surface area contributed by atoms with Crippen molar-refractivity contribution in [2.45, 2.75) is 32.1 Å². The molecule has 0 amide bonds. The molecule has 1 aromatic heterocycles. The second-order valence-electron chi connectivity index (χ2n) is 8.70. The number of benzene rings is 2. The van der Waals surface area contributed by atoms with Gasteiger partial charge in [0.05, 0.1) is 7.11 Å². The van der Waals surface area contributed by atoms with Crippen LogP contribution in [-0.4, -0.2) is 55.4 Å². The van der Waals surface area contributed by atoms with E-state index in [1.54, 1.807) is 0 Å². The maximum Gasteiger partial charge on any atom is 0.204 e. The Morgan fingerprint density at radius 3 is 2.45 bits per heavy atom. The van der Waals surface area contributed by atoms with Gasteiger partial charge < -0.3 is 29.2 Å². The molecule has 176 valence electrons. The zero-order valence-electron chi connectivity index (χ0n) is 19.3. The summed E-state index contributed by atoms with van der Waals surface area (Å²) in [5.41, 5.74) is 1.43. The molecule has 33 heavy (non-hydrogen) atoms.